The van der Waals surface area contributed by atoms with Gasteiger partial charge in [-0.15, -0.1) is 24.8 Å². The minimum absolute atomic E-state index is 0. The highest BCUT2D eigenvalue weighted by atomic mass is 35.5. The van der Waals surface area contributed by atoms with Crippen LogP contribution in [-0.2, 0) is 0 Å². The topological polar surface area (TPSA) is 15.3 Å². The molecule has 0 spiro atoms. The van der Waals surface area contributed by atoms with Gasteiger partial charge in [0.15, 0.2) is 0 Å². The van der Waals surface area contributed by atoms with Crippen molar-refractivity contribution in [1.29, 1.82) is 0 Å². The van der Waals surface area contributed by atoms with Crippen molar-refractivity contribution in [1.82, 2.24) is 10.2 Å². The van der Waals surface area contributed by atoms with Gasteiger partial charge in [-0.3, -0.25) is 4.90 Å². The first-order valence-corrected chi connectivity index (χ1v) is 8.20. The van der Waals surface area contributed by atoms with Gasteiger partial charge in [-0.1, -0.05) is 48.5 Å². The van der Waals surface area contributed by atoms with Crippen molar-refractivity contribution < 1.29 is 0 Å². The Balaban J connectivity index is 0.00000104. The summed E-state index contributed by atoms with van der Waals surface area (Å²) < 4.78 is 0. The lowest BCUT2D eigenvalue weighted by atomic mass is 9.93. The highest BCUT2D eigenvalue weighted by Crippen LogP contribution is 2.34. The maximum Gasteiger partial charge on any atom is 0.0327 e. The van der Waals surface area contributed by atoms with Crippen LogP contribution in [0.15, 0.2) is 54.6 Å². The van der Waals surface area contributed by atoms with Gasteiger partial charge in [-0.05, 0) is 40.1 Å². The number of rotatable bonds is 2. The minimum atomic E-state index is 0. The predicted molar refractivity (Wildman–Crippen MR) is 109 cm³/mol. The van der Waals surface area contributed by atoms with Crippen molar-refractivity contribution in [2.24, 2.45) is 0 Å². The van der Waals surface area contributed by atoms with Gasteiger partial charge in [0, 0.05) is 32.2 Å². The minimum Gasteiger partial charge on any atom is -0.314 e. The van der Waals surface area contributed by atoms with Crippen LogP contribution in [0.25, 0.3) is 21.5 Å². The Morgan fingerprint density at radius 3 is 2.12 bits per heavy atom. The molecule has 2 nitrogen and oxygen atoms in total. The summed E-state index contributed by atoms with van der Waals surface area (Å²) in [6.45, 7) is 6.79. The van der Waals surface area contributed by atoms with Gasteiger partial charge in [0.2, 0.25) is 0 Å². The molecule has 0 aromatic heterocycles. The molecule has 3 aromatic rings. The SMILES string of the molecule is C[C@H](c1cc2ccccc2c2ccccc12)N1CCNCC1.Cl.Cl. The lowest BCUT2D eigenvalue weighted by Gasteiger charge is -2.33. The summed E-state index contributed by atoms with van der Waals surface area (Å²) in [5.41, 5.74) is 1.45. The van der Waals surface area contributed by atoms with Crippen LogP contribution in [0.5, 0.6) is 0 Å². The Labute approximate surface area is 156 Å². The fourth-order valence-electron chi connectivity index (χ4n) is 3.69. The Morgan fingerprint density at radius 2 is 1.42 bits per heavy atom. The molecule has 1 fully saturated rings. The van der Waals surface area contributed by atoms with Crippen molar-refractivity contribution in [2.75, 3.05) is 26.2 Å². The van der Waals surface area contributed by atoms with Gasteiger partial charge in [0.1, 0.15) is 0 Å². The summed E-state index contributed by atoms with van der Waals surface area (Å²) in [5, 5.41) is 8.92. The van der Waals surface area contributed by atoms with E-state index >= 15 is 0 Å². The van der Waals surface area contributed by atoms with E-state index in [0.29, 0.717) is 6.04 Å². The van der Waals surface area contributed by atoms with E-state index in [-0.39, 0.29) is 24.8 Å². The number of nitrogens with zero attached hydrogens (tertiary/aromatic N) is 1. The second-order valence-electron chi connectivity index (χ2n) is 6.19. The van der Waals surface area contributed by atoms with Gasteiger partial charge in [0.25, 0.3) is 0 Å². The zero-order valence-corrected chi connectivity index (χ0v) is 15.5. The molecule has 1 atom stereocenters. The number of hydrogen-bond donors (Lipinski definition) is 1. The van der Waals surface area contributed by atoms with Crippen LogP contribution in [0.4, 0.5) is 0 Å². The molecular weight excluding hydrogens is 339 g/mol. The van der Waals surface area contributed by atoms with Crippen LogP contribution >= 0.6 is 24.8 Å². The molecule has 0 aliphatic carbocycles. The van der Waals surface area contributed by atoms with Crippen LogP contribution in [0.2, 0.25) is 0 Å². The van der Waals surface area contributed by atoms with Crippen LogP contribution in [0.1, 0.15) is 18.5 Å². The lowest BCUT2D eigenvalue weighted by Crippen LogP contribution is -2.44. The largest absolute Gasteiger partial charge is 0.314 e. The average Bonchev–Trinajstić information content (AvgIpc) is 2.61. The molecule has 1 heterocycles. The Hall–Kier alpha value is -1.32. The third-order valence-electron chi connectivity index (χ3n) is 4.95. The first-order chi connectivity index (χ1) is 10.8. The average molecular weight is 363 g/mol. The molecule has 128 valence electrons. The smallest absolute Gasteiger partial charge is 0.0327 e. The molecule has 0 bridgehead atoms. The maximum absolute atomic E-state index is 3.45. The molecule has 4 rings (SSSR count). The molecule has 1 aliphatic heterocycles. The number of piperazine rings is 1. The van der Waals surface area contributed by atoms with Gasteiger partial charge < -0.3 is 5.32 Å². The molecule has 1 aliphatic rings. The van der Waals surface area contributed by atoms with Crippen molar-refractivity contribution in [3.63, 3.8) is 0 Å². The van der Waals surface area contributed by atoms with E-state index in [9.17, 15) is 0 Å². The summed E-state index contributed by atoms with van der Waals surface area (Å²) in [5.74, 6) is 0. The third-order valence-corrected chi connectivity index (χ3v) is 4.95. The van der Waals surface area contributed by atoms with Gasteiger partial charge in [0.05, 0.1) is 0 Å². The summed E-state index contributed by atoms with van der Waals surface area (Å²) in [6, 6.07) is 20.4. The summed E-state index contributed by atoms with van der Waals surface area (Å²) in [4.78, 5) is 2.59. The van der Waals surface area contributed by atoms with Crippen molar-refractivity contribution >= 4 is 46.4 Å². The number of halogens is 2. The Kier molecular flexibility index (Phi) is 6.47. The highest BCUT2D eigenvalue weighted by molar-refractivity contribution is 6.09. The van der Waals surface area contributed by atoms with E-state index in [4.69, 9.17) is 0 Å². The predicted octanol–water partition coefficient (Wildman–Crippen LogP) is 4.80. The zero-order valence-electron chi connectivity index (χ0n) is 13.9. The van der Waals surface area contributed by atoms with Gasteiger partial charge in [-0.2, -0.15) is 0 Å². The van der Waals surface area contributed by atoms with Crippen LogP contribution in [0.3, 0.4) is 0 Å². The molecule has 24 heavy (non-hydrogen) atoms. The summed E-state index contributed by atoms with van der Waals surface area (Å²) in [6.07, 6.45) is 0. The first-order valence-electron chi connectivity index (χ1n) is 8.20. The molecule has 0 amide bonds. The molecular formula is C20H24Cl2N2. The molecule has 0 saturated carbocycles. The first kappa shape index (κ1) is 19.0. The van der Waals surface area contributed by atoms with E-state index < -0.39 is 0 Å². The number of nitrogens with one attached hydrogen (secondary N) is 1. The second kappa shape index (κ2) is 8.17. The zero-order chi connectivity index (χ0) is 14.9. The van der Waals surface area contributed by atoms with Crippen molar-refractivity contribution in [3.8, 4) is 0 Å². The van der Waals surface area contributed by atoms with Gasteiger partial charge >= 0.3 is 0 Å². The Morgan fingerprint density at radius 1 is 0.833 bits per heavy atom. The maximum atomic E-state index is 3.45. The number of fused-ring (bicyclic) bond motifs is 3. The summed E-state index contributed by atoms with van der Waals surface area (Å²) >= 11 is 0. The second-order valence-corrected chi connectivity index (χ2v) is 6.19. The number of benzene rings is 3. The van der Waals surface area contributed by atoms with Crippen LogP contribution in [0, 0.1) is 0 Å². The third kappa shape index (κ3) is 3.38. The monoisotopic (exact) mass is 362 g/mol. The van der Waals surface area contributed by atoms with Crippen molar-refractivity contribution in [3.05, 3.63) is 60.2 Å². The fourth-order valence-corrected chi connectivity index (χ4v) is 3.69. The molecule has 1 saturated heterocycles. The fraction of sp³-hybridized carbons (Fsp3) is 0.300. The molecule has 4 heteroatoms. The van der Waals surface area contributed by atoms with Crippen molar-refractivity contribution in [2.45, 2.75) is 13.0 Å². The van der Waals surface area contributed by atoms with E-state index in [2.05, 4.69) is 71.7 Å². The standard InChI is InChI=1S/C20H22N2.2ClH/c1-15(22-12-10-21-11-13-22)20-14-16-6-2-3-7-17(16)18-8-4-5-9-19(18)20;;/h2-9,14-15,21H,10-13H2,1H3;2*1H/t15-;;/m1../s1. The summed E-state index contributed by atoms with van der Waals surface area (Å²) in [7, 11) is 0. The van der Waals surface area contributed by atoms with E-state index in [1.54, 1.807) is 0 Å². The van der Waals surface area contributed by atoms with Crippen LogP contribution < -0.4 is 5.32 Å². The number of hydrogen-bond acceptors (Lipinski definition) is 2. The van der Waals surface area contributed by atoms with E-state index in [1.165, 1.54) is 27.1 Å². The molecule has 1 N–H and O–H groups in total. The van der Waals surface area contributed by atoms with Gasteiger partial charge in [-0.25, -0.2) is 0 Å². The molecule has 0 radical (unpaired) electrons. The van der Waals surface area contributed by atoms with Crippen LogP contribution in [-0.4, -0.2) is 31.1 Å². The van der Waals surface area contributed by atoms with E-state index in [0.717, 1.165) is 26.2 Å². The highest BCUT2D eigenvalue weighted by Gasteiger charge is 2.20. The Bertz CT molecular complexity index is 813. The quantitative estimate of drug-likeness (QED) is 0.658. The lowest BCUT2D eigenvalue weighted by molar-refractivity contribution is 0.186. The molecule has 3 aromatic carbocycles. The van der Waals surface area contributed by atoms with E-state index in [1.807, 2.05) is 0 Å². The molecule has 0 unspecified atom stereocenters. The normalized spacial score (nSPS) is 16.4.